The Morgan fingerprint density at radius 2 is 2.47 bits per heavy atom. The number of aliphatic imine (C=N–C) groups is 1. The quantitative estimate of drug-likeness (QED) is 0.463. The lowest BCUT2D eigenvalue weighted by Gasteiger charge is -2.28. The Morgan fingerprint density at radius 3 is 3.12 bits per heavy atom. The van der Waals surface area contributed by atoms with Gasteiger partial charge in [0, 0.05) is 13.5 Å². The van der Waals surface area contributed by atoms with E-state index in [1.54, 1.807) is 7.05 Å². The minimum Gasteiger partial charge on any atom is -0.462 e. The van der Waals surface area contributed by atoms with E-state index in [1.165, 1.54) is 0 Å². The van der Waals surface area contributed by atoms with Gasteiger partial charge in [-0.2, -0.15) is 5.21 Å². The molecule has 2 unspecified atom stereocenters. The first-order valence-corrected chi connectivity index (χ1v) is 6.00. The maximum Gasteiger partial charge on any atom is 0.281 e. The van der Waals surface area contributed by atoms with Crippen LogP contribution in [0.5, 0.6) is 0 Å². The van der Waals surface area contributed by atoms with Crippen molar-refractivity contribution in [2.75, 3.05) is 7.05 Å². The summed E-state index contributed by atoms with van der Waals surface area (Å²) in [5, 5.41) is 10.3. The van der Waals surface area contributed by atoms with Crippen molar-refractivity contribution in [3.8, 4) is 0 Å². The highest BCUT2D eigenvalue weighted by Crippen LogP contribution is 2.29. The summed E-state index contributed by atoms with van der Waals surface area (Å²) in [6.45, 7) is 0. The molecular weight excluding hydrogens is 240 g/mol. The van der Waals surface area contributed by atoms with Crippen molar-refractivity contribution in [3.05, 3.63) is 4.77 Å². The van der Waals surface area contributed by atoms with Crippen LogP contribution in [-0.4, -0.2) is 39.4 Å². The van der Waals surface area contributed by atoms with Gasteiger partial charge in [-0.3, -0.25) is 0 Å². The molecule has 2 atom stereocenters. The van der Waals surface area contributed by atoms with Crippen molar-refractivity contribution < 1.29 is 4.74 Å². The van der Waals surface area contributed by atoms with Crippen molar-refractivity contribution in [2.24, 2.45) is 10.7 Å². The van der Waals surface area contributed by atoms with Crippen LogP contribution in [0.3, 0.4) is 0 Å². The average molecular weight is 256 g/mol. The number of nitrogens with one attached hydrogen (secondary N) is 1. The minimum absolute atomic E-state index is 0.0858. The van der Waals surface area contributed by atoms with Crippen LogP contribution in [-0.2, 0) is 4.74 Å². The fraction of sp³-hybridized carbons (Fsp3) is 0.778. The summed E-state index contributed by atoms with van der Waals surface area (Å²) < 4.78 is 7.82. The highest BCUT2D eigenvalue weighted by Gasteiger charge is 2.25. The molecule has 0 bridgehead atoms. The number of amidine groups is 1. The molecule has 7 nitrogen and oxygen atoms in total. The Kier molecular flexibility index (Phi) is 3.72. The molecule has 0 aliphatic heterocycles. The molecular formula is C9H16N6OS. The zero-order valence-corrected chi connectivity index (χ0v) is 10.5. The maximum absolute atomic E-state index is 5.57. The highest BCUT2D eigenvalue weighted by molar-refractivity contribution is 7.71. The van der Waals surface area contributed by atoms with E-state index >= 15 is 0 Å². The predicted octanol–water partition coefficient (Wildman–Crippen LogP) is 0.780. The zero-order chi connectivity index (χ0) is 12.3. The predicted molar refractivity (Wildman–Crippen MR) is 65.1 cm³/mol. The molecule has 0 saturated heterocycles. The largest absolute Gasteiger partial charge is 0.462 e. The summed E-state index contributed by atoms with van der Waals surface area (Å²) in [5.74, 6) is 0. The maximum atomic E-state index is 5.57. The highest BCUT2D eigenvalue weighted by atomic mass is 32.1. The lowest BCUT2D eigenvalue weighted by Crippen LogP contribution is -2.30. The molecule has 0 radical (unpaired) electrons. The molecule has 8 heteroatoms. The van der Waals surface area contributed by atoms with Crippen molar-refractivity contribution >= 4 is 18.2 Å². The van der Waals surface area contributed by atoms with Gasteiger partial charge >= 0.3 is 0 Å². The third kappa shape index (κ3) is 2.82. The topological polar surface area (TPSA) is 94.1 Å². The molecule has 1 aromatic heterocycles. The van der Waals surface area contributed by atoms with Crippen molar-refractivity contribution in [3.63, 3.8) is 0 Å². The van der Waals surface area contributed by atoms with E-state index in [-0.39, 0.29) is 18.2 Å². The van der Waals surface area contributed by atoms with Gasteiger partial charge < -0.3 is 10.5 Å². The summed E-state index contributed by atoms with van der Waals surface area (Å²) >= 11 is 5.08. The molecule has 1 aliphatic carbocycles. The van der Waals surface area contributed by atoms with Crippen LogP contribution in [0.15, 0.2) is 4.99 Å². The first kappa shape index (κ1) is 12.0. The molecule has 0 aromatic carbocycles. The number of hydrogen-bond acceptors (Lipinski definition) is 5. The fourth-order valence-electron chi connectivity index (χ4n) is 2.13. The molecule has 0 spiro atoms. The van der Waals surface area contributed by atoms with Gasteiger partial charge in [-0.05, 0) is 31.5 Å². The lowest BCUT2D eigenvalue weighted by molar-refractivity contribution is 0.108. The summed E-state index contributed by atoms with van der Waals surface area (Å²) in [6.07, 6.45) is 4.02. The number of nitrogens with zero attached hydrogens (tertiary/aromatic N) is 4. The molecule has 2 rings (SSSR count). The van der Waals surface area contributed by atoms with E-state index in [0.29, 0.717) is 4.77 Å². The lowest BCUT2D eigenvalue weighted by atomic mass is 9.93. The Hall–Kier alpha value is -1.44. The molecule has 1 saturated carbocycles. The van der Waals surface area contributed by atoms with Gasteiger partial charge in [-0.25, -0.2) is 9.67 Å². The molecule has 1 aromatic rings. The van der Waals surface area contributed by atoms with Gasteiger partial charge in [0.2, 0.25) is 4.77 Å². The summed E-state index contributed by atoms with van der Waals surface area (Å²) in [4.78, 5) is 3.80. The zero-order valence-electron chi connectivity index (χ0n) is 9.67. The summed E-state index contributed by atoms with van der Waals surface area (Å²) in [7, 11) is 1.62. The third-order valence-electron chi connectivity index (χ3n) is 2.97. The number of aromatic nitrogens is 4. The van der Waals surface area contributed by atoms with Gasteiger partial charge in [0.05, 0.1) is 6.04 Å². The van der Waals surface area contributed by atoms with Gasteiger partial charge in [0.25, 0.3) is 6.02 Å². The smallest absolute Gasteiger partial charge is 0.281 e. The molecule has 1 aliphatic rings. The Balaban J connectivity index is 2.03. The van der Waals surface area contributed by atoms with Gasteiger partial charge in [-0.1, -0.05) is 10.3 Å². The average Bonchev–Trinajstić information content (AvgIpc) is 2.75. The van der Waals surface area contributed by atoms with Crippen LogP contribution in [0.1, 0.15) is 31.7 Å². The molecule has 17 heavy (non-hydrogen) atoms. The molecule has 0 amide bonds. The Morgan fingerprint density at radius 1 is 1.65 bits per heavy atom. The monoisotopic (exact) mass is 256 g/mol. The van der Waals surface area contributed by atoms with Crippen LogP contribution < -0.4 is 5.73 Å². The van der Waals surface area contributed by atoms with E-state index in [0.717, 1.165) is 25.7 Å². The number of nitrogens with two attached hydrogens (primary N) is 1. The van der Waals surface area contributed by atoms with Crippen molar-refractivity contribution in [2.45, 2.75) is 37.8 Å². The van der Waals surface area contributed by atoms with Gasteiger partial charge in [-0.15, -0.1) is 0 Å². The van der Waals surface area contributed by atoms with E-state index in [4.69, 9.17) is 22.7 Å². The van der Waals surface area contributed by atoms with Gasteiger partial charge in [0.15, 0.2) is 0 Å². The summed E-state index contributed by atoms with van der Waals surface area (Å²) in [6, 6.07) is 0.489. The van der Waals surface area contributed by atoms with Crippen LogP contribution in [0.2, 0.25) is 0 Å². The third-order valence-corrected chi connectivity index (χ3v) is 3.24. The van der Waals surface area contributed by atoms with E-state index in [2.05, 4.69) is 20.5 Å². The van der Waals surface area contributed by atoms with Gasteiger partial charge in [0.1, 0.15) is 6.10 Å². The second kappa shape index (κ2) is 5.26. The van der Waals surface area contributed by atoms with Crippen molar-refractivity contribution in [1.29, 1.82) is 0 Å². The Labute approximate surface area is 104 Å². The Bertz CT molecular complexity index is 452. The summed E-state index contributed by atoms with van der Waals surface area (Å²) in [5.41, 5.74) is 5.57. The van der Waals surface area contributed by atoms with Crippen molar-refractivity contribution in [1.82, 2.24) is 20.2 Å². The number of hydrogen-bond donors (Lipinski definition) is 2. The van der Waals surface area contributed by atoms with E-state index in [1.807, 2.05) is 4.68 Å². The molecule has 94 valence electrons. The number of H-pyrrole nitrogens is 1. The van der Waals surface area contributed by atoms with Crippen LogP contribution >= 0.6 is 12.2 Å². The number of tetrazole rings is 1. The normalized spacial score (nSPS) is 25.8. The minimum atomic E-state index is 0.0858. The van der Waals surface area contributed by atoms with Crippen LogP contribution in [0, 0.1) is 4.77 Å². The van der Waals surface area contributed by atoms with E-state index < -0.39 is 0 Å². The fourth-order valence-corrected chi connectivity index (χ4v) is 2.36. The SMILES string of the molecule is CN=C(N)OC1CCCC(n2[nH]nnc2=S)C1. The second-order valence-electron chi connectivity index (χ2n) is 4.07. The first-order valence-electron chi connectivity index (χ1n) is 5.59. The number of ether oxygens (including phenoxy) is 1. The molecule has 1 heterocycles. The second-order valence-corrected chi connectivity index (χ2v) is 4.44. The standard InChI is InChI=1S/C9H16N6OS/c1-11-8(10)16-7-4-2-3-6(5-7)15-9(17)12-13-14-15/h6-7H,2-5H2,1H3,(H2,10,11)(H,12,14,17). The van der Waals surface area contributed by atoms with E-state index in [9.17, 15) is 0 Å². The van der Waals surface area contributed by atoms with Crippen LogP contribution in [0.25, 0.3) is 0 Å². The molecule has 3 N–H and O–H groups in total. The first-order chi connectivity index (χ1) is 8.20. The molecule has 1 fully saturated rings. The number of aromatic amines is 1. The van der Waals surface area contributed by atoms with Crippen LogP contribution in [0.4, 0.5) is 0 Å². The number of rotatable bonds is 2.